The van der Waals surface area contributed by atoms with Gasteiger partial charge in [-0.25, -0.2) is 9.97 Å². The molecule has 1 aromatic rings. The standard InChI is InChI=1S/C13H24N4O/c1-5-14-12-11(10(2)3)13(17-9-16-12)15-7-6-8-18-4/h9-10H,5-8H2,1-4H3,(H2,14,15,16,17). The summed E-state index contributed by atoms with van der Waals surface area (Å²) in [5.41, 5.74) is 1.15. The van der Waals surface area contributed by atoms with E-state index in [1.165, 1.54) is 0 Å². The molecule has 0 fully saturated rings. The molecular formula is C13H24N4O. The first-order valence-electron chi connectivity index (χ1n) is 6.52. The van der Waals surface area contributed by atoms with Crippen molar-refractivity contribution in [3.05, 3.63) is 11.9 Å². The lowest BCUT2D eigenvalue weighted by molar-refractivity contribution is 0.197. The van der Waals surface area contributed by atoms with Gasteiger partial charge in [-0.3, -0.25) is 0 Å². The molecule has 0 spiro atoms. The van der Waals surface area contributed by atoms with Gasteiger partial charge >= 0.3 is 0 Å². The van der Waals surface area contributed by atoms with Crippen LogP contribution in [0.2, 0.25) is 0 Å². The zero-order valence-electron chi connectivity index (χ0n) is 11.8. The van der Waals surface area contributed by atoms with Crippen LogP contribution in [0.3, 0.4) is 0 Å². The Labute approximate surface area is 109 Å². The van der Waals surface area contributed by atoms with Gasteiger partial charge in [0.15, 0.2) is 0 Å². The molecule has 1 heterocycles. The molecule has 0 saturated heterocycles. The number of nitrogens with one attached hydrogen (secondary N) is 2. The zero-order chi connectivity index (χ0) is 13.4. The van der Waals surface area contributed by atoms with Crippen LogP contribution in [-0.2, 0) is 4.74 Å². The molecule has 0 aliphatic rings. The monoisotopic (exact) mass is 252 g/mol. The molecule has 18 heavy (non-hydrogen) atoms. The summed E-state index contributed by atoms with van der Waals surface area (Å²) < 4.78 is 5.03. The summed E-state index contributed by atoms with van der Waals surface area (Å²) in [5.74, 6) is 2.23. The molecule has 102 valence electrons. The second-order valence-corrected chi connectivity index (χ2v) is 4.44. The van der Waals surface area contributed by atoms with Crippen LogP contribution >= 0.6 is 0 Å². The summed E-state index contributed by atoms with van der Waals surface area (Å²) in [5, 5.41) is 6.64. The van der Waals surface area contributed by atoms with Crippen molar-refractivity contribution in [1.29, 1.82) is 0 Å². The molecule has 1 rings (SSSR count). The lowest BCUT2D eigenvalue weighted by Crippen LogP contribution is -2.12. The minimum absolute atomic E-state index is 0.380. The topological polar surface area (TPSA) is 59.1 Å². The maximum atomic E-state index is 5.03. The molecule has 5 nitrogen and oxygen atoms in total. The van der Waals surface area contributed by atoms with Gasteiger partial charge in [-0.05, 0) is 19.3 Å². The molecule has 0 unspecified atom stereocenters. The Bertz CT molecular complexity index is 355. The minimum Gasteiger partial charge on any atom is -0.385 e. The third-order valence-corrected chi connectivity index (χ3v) is 2.62. The lowest BCUT2D eigenvalue weighted by Gasteiger charge is -2.17. The molecular weight excluding hydrogens is 228 g/mol. The van der Waals surface area contributed by atoms with Crippen LogP contribution in [0.1, 0.15) is 38.7 Å². The molecule has 0 aromatic carbocycles. The number of aromatic nitrogens is 2. The van der Waals surface area contributed by atoms with E-state index in [1.807, 2.05) is 0 Å². The molecule has 0 bridgehead atoms. The lowest BCUT2D eigenvalue weighted by atomic mass is 10.0. The molecule has 0 atom stereocenters. The first-order chi connectivity index (χ1) is 8.70. The van der Waals surface area contributed by atoms with Gasteiger partial charge in [-0.1, -0.05) is 13.8 Å². The SMILES string of the molecule is CCNc1ncnc(NCCCOC)c1C(C)C. The molecule has 5 heteroatoms. The smallest absolute Gasteiger partial charge is 0.134 e. The summed E-state index contributed by atoms with van der Waals surface area (Å²) in [4.78, 5) is 8.65. The predicted molar refractivity (Wildman–Crippen MR) is 75.3 cm³/mol. The summed E-state index contributed by atoms with van der Waals surface area (Å²) in [6.07, 6.45) is 2.57. The average molecular weight is 252 g/mol. The Kier molecular flexibility index (Phi) is 6.43. The van der Waals surface area contributed by atoms with Crippen molar-refractivity contribution < 1.29 is 4.74 Å². The highest BCUT2D eigenvalue weighted by Gasteiger charge is 2.13. The van der Waals surface area contributed by atoms with Crippen LogP contribution in [0, 0.1) is 0 Å². The first kappa shape index (κ1) is 14.7. The highest BCUT2D eigenvalue weighted by atomic mass is 16.5. The normalized spacial score (nSPS) is 10.7. The Morgan fingerprint density at radius 2 is 1.89 bits per heavy atom. The van der Waals surface area contributed by atoms with E-state index in [-0.39, 0.29) is 0 Å². The third-order valence-electron chi connectivity index (χ3n) is 2.62. The van der Waals surface area contributed by atoms with Crippen LogP contribution in [0.15, 0.2) is 6.33 Å². The van der Waals surface area contributed by atoms with Crippen molar-refractivity contribution in [2.45, 2.75) is 33.1 Å². The fourth-order valence-corrected chi connectivity index (χ4v) is 1.81. The van der Waals surface area contributed by atoms with Gasteiger partial charge < -0.3 is 15.4 Å². The fourth-order valence-electron chi connectivity index (χ4n) is 1.81. The third kappa shape index (κ3) is 4.14. The highest BCUT2D eigenvalue weighted by Crippen LogP contribution is 2.28. The minimum atomic E-state index is 0.380. The Morgan fingerprint density at radius 1 is 1.22 bits per heavy atom. The summed E-state index contributed by atoms with van der Waals surface area (Å²) in [6, 6.07) is 0. The molecule has 1 aromatic heterocycles. The molecule has 0 amide bonds. The number of hydrogen-bond donors (Lipinski definition) is 2. The summed E-state index contributed by atoms with van der Waals surface area (Å²) in [7, 11) is 1.72. The van der Waals surface area contributed by atoms with Crippen molar-refractivity contribution in [3.8, 4) is 0 Å². The maximum Gasteiger partial charge on any atom is 0.134 e. The van der Waals surface area contributed by atoms with Gasteiger partial charge in [-0.2, -0.15) is 0 Å². The van der Waals surface area contributed by atoms with E-state index in [2.05, 4.69) is 41.4 Å². The van der Waals surface area contributed by atoms with E-state index >= 15 is 0 Å². The zero-order valence-corrected chi connectivity index (χ0v) is 11.8. The van der Waals surface area contributed by atoms with Gasteiger partial charge in [0.05, 0.1) is 0 Å². The van der Waals surface area contributed by atoms with Gasteiger partial charge in [0.1, 0.15) is 18.0 Å². The van der Waals surface area contributed by atoms with E-state index in [1.54, 1.807) is 13.4 Å². The average Bonchev–Trinajstić information content (AvgIpc) is 2.35. The van der Waals surface area contributed by atoms with E-state index in [4.69, 9.17) is 4.74 Å². The van der Waals surface area contributed by atoms with Gasteiger partial charge in [-0.15, -0.1) is 0 Å². The van der Waals surface area contributed by atoms with Gasteiger partial charge in [0.25, 0.3) is 0 Å². The molecule has 0 aliphatic heterocycles. The summed E-state index contributed by atoms with van der Waals surface area (Å²) >= 11 is 0. The number of hydrogen-bond acceptors (Lipinski definition) is 5. The van der Waals surface area contributed by atoms with E-state index in [9.17, 15) is 0 Å². The first-order valence-corrected chi connectivity index (χ1v) is 6.52. The number of rotatable bonds is 8. The largest absolute Gasteiger partial charge is 0.385 e. The number of anilines is 2. The van der Waals surface area contributed by atoms with Crippen LogP contribution in [0.25, 0.3) is 0 Å². The summed E-state index contributed by atoms with van der Waals surface area (Å²) in [6.45, 7) is 8.85. The Hall–Kier alpha value is -1.36. The van der Waals surface area contributed by atoms with Gasteiger partial charge in [0, 0.05) is 32.4 Å². The van der Waals surface area contributed by atoms with Crippen molar-refractivity contribution in [1.82, 2.24) is 9.97 Å². The van der Waals surface area contributed by atoms with E-state index in [0.29, 0.717) is 5.92 Å². The molecule has 2 N–H and O–H groups in total. The van der Waals surface area contributed by atoms with E-state index < -0.39 is 0 Å². The quantitative estimate of drug-likeness (QED) is 0.696. The van der Waals surface area contributed by atoms with Crippen molar-refractivity contribution in [2.75, 3.05) is 37.4 Å². The Morgan fingerprint density at radius 3 is 2.44 bits per heavy atom. The van der Waals surface area contributed by atoms with Crippen molar-refractivity contribution >= 4 is 11.6 Å². The number of nitrogens with zero attached hydrogens (tertiary/aromatic N) is 2. The van der Waals surface area contributed by atoms with Crippen LogP contribution in [0.5, 0.6) is 0 Å². The molecule has 0 radical (unpaired) electrons. The molecule has 0 saturated carbocycles. The van der Waals surface area contributed by atoms with Gasteiger partial charge in [0.2, 0.25) is 0 Å². The van der Waals surface area contributed by atoms with Crippen LogP contribution in [0.4, 0.5) is 11.6 Å². The molecule has 0 aliphatic carbocycles. The van der Waals surface area contributed by atoms with Crippen molar-refractivity contribution in [3.63, 3.8) is 0 Å². The number of methoxy groups -OCH3 is 1. The fraction of sp³-hybridized carbons (Fsp3) is 0.692. The maximum absolute atomic E-state index is 5.03. The van der Waals surface area contributed by atoms with Crippen LogP contribution in [-0.4, -0.2) is 36.8 Å². The Balaban J connectivity index is 2.78. The van der Waals surface area contributed by atoms with E-state index in [0.717, 1.165) is 43.3 Å². The predicted octanol–water partition coefficient (Wildman–Crippen LogP) is 2.48. The second kappa shape index (κ2) is 7.87. The van der Waals surface area contributed by atoms with Crippen LogP contribution < -0.4 is 10.6 Å². The second-order valence-electron chi connectivity index (χ2n) is 4.44. The van der Waals surface area contributed by atoms with Crippen molar-refractivity contribution in [2.24, 2.45) is 0 Å². The number of ether oxygens (including phenoxy) is 1. The highest BCUT2D eigenvalue weighted by molar-refractivity contribution is 5.58.